The Balaban J connectivity index is 0.000000317. The summed E-state index contributed by atoms with van der Waals surface area (Å²) in [5.74, 6) is -10.8. The molecule has 5 aromatic rings. The van der Waals surface area contributed by atoms with Crippen LogP contribution in [0.2, 0.25) is 0 Å². The van der Waals surface area contributed by atoms with E-state index in [0.29, 0.717) is 24.3 Å². The predicted octanol–water partition coefficient (Wildman–Crippen LogP) is 9.36. The van der Waals surface area contributed by atoms with Crippen molar-refractivity contribution in [1.29, 1.82) is 0 Å². The normalized spacial score (nSPS) is 17.0. The number of aliphatic carboxylic acids is 1. The monoisotopic (exact) mass is 977 g/mol. The van der Waals surface area contributed by atoms with Crippen molar-refractivity contribution in [1.82, 2.24) is 14.9 Å². The molecule has 3 aromatic carbocycles. The van der Waals surface area contributed by atoms with Crippen LogP contribution in [-0.4, -0.2) is 81.2 Å². The van der Waals surface area contributed by atoms with Gasteiger partial charge in [-0.2, -0.15) is 39.5 Å². The third kappa shape index (κ3) is 10.3. The second-order valence-electron chi connectivity index (χ2n) is 15.8. The largest absolute Gasteiger partial charge is 0.480 e. The minimum absolute atomic E-state index is 0.00940. The van der Waals surface area contributed by atoms with Gasteiger partial charge in [-0.3, -0.25) is 14.6 Å². The van der Waals surface area contributed by atoms with Crippen LogP contribution in [0.1, 0.15) is 63.2 Å². The minimum atomic E-state index is -4.91. The molecule has 0 saturated carbocycles. The van der Waals surface area contributed by atoms with Crippen LogP contribution in [0.25, 0.3) is 22.0 Å². The number of anilines is 2. The van der Waals surface area contributed by atoms with Crippen LogP contribution in [0.5, 0.6) is 0 Å². The summed E-state index contributed by atoms with van der Waals surface area (Å²) in [6.07, 6.45) is -13.4. The molecule has 3 N–H and O–H groups in total. The van der Waals surface area contributed by atoms with Crippen molar-refractivity contribution >= 4 is 40.1 Å². The summed E-state index contributed by atoms with van der Waals surface area (Å²) in [4.78, 5) is 54.7. The number of nitrogens with one attached hydrogen (secondary N) is 1. The fourth-order valence-electron chi connectivity index (χ4n) is 8.27. The minimum Gasteiger partial charge on any atom is -0.480 e. The maximum absolute atomic E-state index is 15.1. The SMILES string of the molecule is Cc1cc(C(F)(F)F)c(-c2ccc(C[C@H](NC(=O)c3c(F)cc(N4CCC[C@@H]4C(F)(F)F)cc3F)C(=O)O)c3cccnc23)c(=O)n1C.O=C(O)c1c(F)cc(N2CCC[C@@H]2C(F)(F)F)cc1F. The highest BCUT2D eigenvalue weighted by atomic mass is 19.4. The van der Waals surface area contributed by atoms with Gasteiger partial charge in [0.05, 0.1) is 16.6 Å². The van der Waals surface area contributed by atoms with Crippen LogP contribution in [0, 0.1) is 30.2 Å². The summed E-state index contributed by atoms with van der Waals surface area (Å²) < 4.78 is 179. The molecule has 2 aliphatic rings. The lowest BCUT2D eigenvalue weighted by atomic mass is 9.93. The van der Waals surface area contributed by atoms with Crippen molar-refractivity contribution in [2.45, 2.75) is 75.7 Å². The first-order valence-electron chi connectivity index (χ1n) is 20.2. The molecule has 3 atom stereocenters. The van der Waals surface area contributed by atoms with Crippen LogP contribution in [0.3, 0.4) is 0 Å². The van der Waals surface area contributed by atoms with Gasteiger partial charge < -0.3 is 29.9 Å². The van der Waals surface area contributed by atoms with E-state index in [2.05, 4.69) is 4.98 Å². The van der Waals surface area contributed by atoms with E-state index in [1.165, 1.54) is 38.4 Å². The number of fused-ring (bicyclic) bond motifs is 1. The lowest BCUT2D eigenvalue weighted by molar-refractivity contribution is -0.146. The van der Waals surface area contributed by atoms with Crippen molar-refractivity contribution in [2.24, 2.45) is 7.05 Å². The number of amides is 1. The van der Waals surface area contributed by atoms with E-state index >= 15 is 8.78 Å². The van der Waals surface area contributed by atoms with Crippen LogP contribution in [-0.2, 0) is 24.4 Å². The molecule has 0 aliphatic carbocycles. The molecule has 0 spiro atoms. The second-order valence-corrected chi connectivity index (χ2v) is 15.8. The molecule has 364 valence electrons. The number of benzene rings is 3. The number of carboxylic acids is 2. The molecule has 68 heavy (non-hydrogen) atoms. The average molecular weight is 978 g/mol. The third-order valence-electron chi connectivity index (χ3n) is 11.6. The van der Waals surface area contributed by atoms with E-state index in [1.807, 2.05) is 5.32 Å². The molecule has 4 heterocycles. The fourth-order valence-corrected chi connectivity index (χ4v) is 8.27. The number of aryl methyl sites for hydroxylation is 1. The van der Waals surface area contributed by atoms with E-state index in [9.17, 15) is 72.6 Å². The molecule has 2 aliphatic heterocycles. The molecule has 0 unspecified atom stereocenters. The molecular weight excluding hydrogens is 941 g/mol. The summed E-state index contributed by atoms with van der Waals surface area (Å²) in [5, 5.41) is 20.6. The van der Waals surface area contributed by atoms with Crippen molar-refractivity contribution in [3.05, 3.63) is 122 Å². The Kier molecular flexibility index (Phi) is 14.1. The Hall–Kier alpha value is -6.88. The Morgan fingerprint density at radius 3 is 1.72 bits per heavy atom. The van der Waals surface area contributed by atoms with Gasteiger partial charge in [0.1, 0.15) is 52.5 Å². The number of hydrogen-bond acceptors (Lipinski definition) is 7. The van der Waals surface area contributed by atoms with Gasteiger partial charge in [-0.15, -0.1) is 0 Å². The molecule has 0 bridgehead atoms. The zero-order valence-electron chi connectivity index (χ0n) is 35.2. The van der Waals surface area contributed by atoms with Gasteiger partial charge in [-0.25, -0.2) is 27.2 Å². The zero-order chi connectivity index (χ0) is 50.4. The molecule has 2 fully saturated rings. The Labute approximate surface area is 375 Å². The highest BCUT2D eigenvalue weighted by molar-refractivity contribution is 5.99. The van der Waals surface area contributed by atoms with Crippen molar-refractivity contribution in [3.63, 3.8) is 0 Å². The Morgan fingerprint density at radius 2 is 1.26 bits per heavy atom. The maximum Gasteiger partial charge on any atom is 0.417 e. The van der Waals surface area contributed by atoms with Crippen molar-refractivity contribution in [2.75, 3.05) is 22.9 Å². The first-order valence-corrected chi connectivity index (χ1v) is 20.2. The lowest BCUT2D eigenvalue weighted by Gasteiger charge is -2.28. The molecule has 1 amide bonds. The van der Waals surface area contributed by atoms with Crippen LogP contribution >= 0.6 is 0 Å². The molecule has 2 saturated heterocycles. The van der Waals surface area contributed by atoms with Gasteiger partial charge in [0, 0.05) is 60.8 Å². The predicted molar refractivity (Wildman–Crippen MR) is 217 cm³/mol. The van der Waals surface area contributed by atoms with Crippen LogP contribution < -0.4 is 20.7 Å². The first kappa shape index (κ1) is 50.5. The second kappa shape index (κ2) is 19.0. The number of hydrogen-bond donors (Lipinski definition) is 3. The van der Waals surface area contributed by atoms with E-state index in [1.54, 1.807) is 0 Å². The molecule has 7 rings (SSSR count). The zero-order valence-corrected chi connectivity index (χ0v) is 35.2. The number of carboxylic acid groups (broad SMARTS) is 2. The smallest absolute Gasteiger partial charge is 0.417 e. The summed E-state index contributed by atoms with van der Waals surface area (Å²) in [7, 11) is 1.30. The molecule has 11 nitrogen and oxygen atoms in total. The van der Waals surface area contributed by atoms with E-state index in [4.69, 9.17) is 5.11 Å². The van der Waals surface area contributed by atoms with E-state index < -0.39 is 118 Å². The van der Waals surface area contributed by atoms with Crippen molar-refractivity contribution in [3.8, 4) is 11.1 Å². The number of aromatic carboxylic acids is 1. The van der Waals surface area contributed by atoms with Crippen LogP contribution in [0.4, 0.5) is 68.5 Å². The van der Waals surface area contributed by atoms with Gasteiger partial charge in [-0.05, 0) is 74.6 Å². The van der Waals surface area contributed by atoms with E-state index in [-0.39, 0.29) is 72.2 Å². The number of carbonyl (C=O) groups excluding carboxylic acids is 1. The van der Waals surface area contributed by atoms with Crippen molar-refractivity contribution < 1.29 is 81.7 Å². The molecular formula is C44H36F13N5O6. The summed E-state index contributed by atoms with van der Waals surface area (Å²) in [5.41, 5.74) is -6.03. The molecule has 2 aromatic heterocycles. The van der Waals surface area contributed by atoms with Gasteiger partial charge >= 0.3 is 30.5 Å². The van der Waals surface area contributed by atoms with E-state index in [0.717, 1.165) is 26.5 Å². The van der Waals surface area contributed by atoms with Gasteiger partial charge in [0.2, 0.25) is 0 Å². The number of rotatable bonds is 9. The van der Waals surface area contributed by atoms with Crippen LogP contribution in [0.15, 0.2) is 65.6 Å². The highest BCUT2D eigenvalue weighted by Gasteiger charge is 2.47. The number of halogens is 13. The number of pyridine rings is 2. The average Bonchev–Trinajstić information content (AvgIpc) is 3.94. The van der Waals surface area contributed by atoms with Gasteiger partial charge in [0.15, 0.2) is 0 Å². The van der Waals surface area contributed by atoms with Gasteiger partial charge in [-0.1, -0.05) is 18.2 Å². The first-order chi connectivity index (χ1) is 31.6. The lowest BCUT2D eigenvalue weighted by Crippen LogP contribution is -2.43. The standard InChI is InChI=1S/C32H26F8N4O4.C12H10F5NO2/c1-15-11-20(31(35,36)37)25(29(46)43(15)2)19-8-7-16(18-5-3-9-41-27(18)19)12-23(30(47)48)42-28(45)26-21(33)13-17(14-22(26)34)44-10-4-6-24(44)32(38,39)40;13-7-4-6(5-8(14)10(7)11(19)20)18-3-1-2-9(18)12(15,16)17/h3,5,7-9,11,13-14,23-24H,4,6,10,12H2,1-2H3,(H,42,45)(H,47,48);4-5,9H,1-3H2,(H,19,20)/t23-,24+;9-/m01/s1. The quantitative estimate of drug-likeness (QED) is 0.123. The molecule has 24 heteroatoms. The number of aromatic nitrogens is 2. The maximum atomic E-state index is 15.1. The molecule has 0 radical (unpaired) electrons. The fraction of sp³-hybridized carbons (Fsp3) is 0.341. The summed E-state index contributed by atoms with van der Waals surface area (Å²) >= 11 is 0. The number of carbonyl (C=O) groups is 3. The summed E-state index contributed by atoms with van der Waals surface area (Å²) in [6.45, 7) is 1.21. The third-order valence-corrected chi connectivity index (χ3v) is 11.6. The highest BCUT2D eigenvalue weighted by Crippen LogP contribution is 2.40. The number of nitrogens with zero attached hydrogens (tertiary/aromatic N) is 4. The summed E-state index contributed by atoms with van der Waals surface area (Å²) in [6, 6.07) is 2.83. The topological polar surface area (TPSA) is 145 Å². The number of alkyl halides is 9. The Bertz CT molecular complexity index is 2800. The Morgan fingerprint density at radius 1 is 0.765 bits per heavy atom. The van der Waals surface area contributed by atoms with Gasteiger partial charge in [0.25, 0.3) is 11.5 Å².